The highest BCUT2D eigenvalue weighted by atomic mass is 35.5. The van der Waals surface area contributed by atoms with Crippen LogP contribution in [0.1, 0.15) is 47.0 Å². The summed E-state index contributed by atoms with van der Waals surface area (Å²) in [5, 5.41) is 3.46. The van der Waals surface area contributed by atoms with Crippen molar-refractivity contribution >= 4 is 22.6 Å². The molecule has 2 rings (SSSR count). The molecule has 0 aromatic carbocycles. The molecule has 2 fully saturated rings. The van der Waals surface area contributed by atoms with Crippen molar-refractivity contribution in [1.29, 1.82) is 0 Å². The van der Waals surface area contributed by atoms with Crippen molar-refractivity contribution in [2.24, 2.45) is 17.3 Å². The van der Waals surface area contributed by atoms with E-state index in [1.807, 2.05) is 0 Å². The van der Waals surface area contributed by atoms with Crippen LogP contribution in [0.2, 0.25) is 0 Å². The molecule has 7 heteroatoms. The Bertz CT molecular complexity index is 446. The van der Waals surface area contributed by atoms with Crippen LogP contribution >= 0.6 is 12.4 Å². The molecule has 0 radical (unpaired) electrons. The van der Waals surface area contributed by atoms with Crippen molar-refractivity contribution in [2.45, 2.75) is 53.0 Å². The Morgan fingerprint density at radius 2 is 1.82 bits per heavy atom. The SMILES string of the molecule is CC1CC(C)CN(S(=O)(=O)NCC2NCCCC2(C)C)C1.Cl. The van der Waals surface area contributed by atoms with E-state index in [1.54, 1.807) is 4.31 Å². The summed E-state index contributed by atoms with van der Waals surface area (Å²) in [5.74, 6) is 0.879. The molecule has 0 spiro atoms. The van der Waals surface area contributed by atoms with E-state index in [2.05, 4.69) is 37.7 Å². The zero-order valence-corrected chi connectivity index (χ0v) is 15.9. The molecule has 0 bridgehead atoms. The molecule has 2 aliphatic rings. The van der Waals surface area contributed by atoms with Crippen molar-refractivity contribution in [1.82, 2.24) is 14.3 Å². The Morgan fingerprint density at radius 3 is 2.36 bits per heavy atom. The zero-order chi connectivity index (χ0) is 15.7. The maximum absolute atomic E-state index is 12.5. The first-order valence-corrected chi connectivity index (χ1v) is 9.63. The van der Waals surface area contributed by atoms with Crippen LogP contribution in [-0.2, 0) is 10.2 Å². The van der Waals surface area contributed by atoms with Gasteiger partial charge in [0.2, 0.25) is 0 Å². The quantitative estimate of drug-likeness (QED) is 0.812. The third-order valence-electron chi connectivity index (χ3n) is 4.98. The van der Waals surface area contributed by atoms with Crippen LogP contribution in [0.15, 0.2) is 0 Å². The molecule has 22 heavy (non-hydrogen) atoms. The van der Waals surface area contributed by atoms with Gasteiger partial charge in [0.05, 0.1) is 0 Å². The van der Waals surface area contributed by atoms with E-state index in [-0.39, 0.29) is 23.9 Å². The van der Waals surface area contributed by atoms with Crippen LogP contribution < -0.4 is 10.0 Å². The molecule has 0 amide bonds. The molecular weight excluding hydrogens is 322 g/mol. The molecule has 5 nitrogen and oxygen atoms in total. The summed E-state index contributed by atoms with van der Waals surface area (Å²) in [6.45, 7) is 11.4. The number of nitrogens with one attached hydrogen (secondary N) is 2. The minimum absolute atomic E-state index is 0. The average Bonchev–Trinajstić information content (AvgIpc) is 2.36. The second kappa shape index (κ2) is 7.79. The van der Waals surface area contributed by atoms with Gasteiger partial charge >= 0.3 is 0 Å². The van der Waals surface area contributed by atoms with E-state index in [9.17, 15) is 8.42 Å². The second-order valence-corrected chi connectivity index (χ2v) is 9.47. The molecule has 0 aromatic rings. The fourth-order valence-corrected chi connectivity index (χ4v) is 5.16. The lowest BCUT2D eigenvalue weighted by Crippen LogP contribution is -2.55. The highest BCUT2D eigenvalue weighted by Gasteiger charge is 2.35. The van der Waals surface area contributed by atoms with Crippen LogP contribution in [0.25, 0.3) is 0 Å². The molecule has 2 heterocycles. The first kappa shape index (κ1) is 20.2. The fourth-order valence-electron chi connectivity index (χ4n) is 3.70. The Labute approximate surface area is 142 Å². The molecule has 0 aliphatic carbocycles. The monoisotopic (exact) mass is 353 g/mol. The van der Waals surface area contributed by atoms with Gasteiger partial charge in [0.25, 0.3) is 10.2 Å². The molecule has 0 aromatic heterocycles. The molecule has 132 valence electrons. The summed E-state index contributed by atoms with van der Waals surface area (Å²) in [6.07, 6.45) is 3.42. The van der Waals surface area contributed by atoms with E-state index < -0.39 is 10.2 Å². The number of nitrogens with zero attached hydrogens (tertiary/aromatic N) is 1. The van der Waals surface area contributed by atoms with Gasteiger partial charge in [0.1, 0.15) is 0 Å². The van der Waals surface area contributed by atoms with Crippen LogP contribution in [0, 0.1) is 17.3 Å². The first-order valence-electron chi connectivity index (χ1n) is 8.19. The number of rotatable bonds is 4. The maximum atomic E-state index is 12.5. The van der Waals surface area contributed by atoms with Gasteiger partial charge in [-0.15, -0.1) is 12.4 Å². The molecule has 2 N–H and O–H groups in total. The molecule has 3 unspecified atom stereocenters. The van der Waals surface area contributed by atoms with E-state index >= 15 is 0 Å². The van der Waals surface area contributed by atoms with Crippen molar-refractivity contribution in [3.8, 4) is 0 Å². The predicted molar refractivity (Wildman–Crippen MR) is 93.5 cm³/mol. The summed E-state index contributed by atoms with van der Waals surface area (Å²) < 4.78 is 29.5. The van der Waals surface area contributed by atoms with Crippen LogP contribution in [0.5, 0.6) is 0 Å². The van der Waals surface area contributed by atoms with Gasteiger partial charge in [-0.1, -0.05) is 27.7 Å². The molecular formula is C15H32ClN3O2S. The van der Waals surface area contributed by atoms with Gasteiger partial charge in [-0.3, -0.25) is 0 Å². The number of hydrogen-bond acceptors (Lipinski definition) is 3. The van der Waals surface area contributed by atoms with Crippen molar-refractivity contribution in [3.05, 3.63) is 0 Å². The van der Waals surface area contributed by atoms with Gasteiger partial charge in [-0.25, -0.2) is 4.72 Å². The Morgan fingerprint density at radius 1 is 1.23 bits per heavy atom. The van der Waals surface area contributed by atoms with Gasteiger partial charge in [0.15, 0.2) is 0 Å². The van der Waals surface area contributed by atoms with Gasteiger partial charge in [-0.2, -0.15) is 12.7 Å². The summed E-state index contributed by atoms with van der Waals surface area (Å²) in [6, 6.07) is 0.209. The normalized spacial score (nSPS) is 33.2. The summed E-state index contributed by atoms with van der Waals surface area (Å²) in [4.78, 5) is 0. The van der Waals surface area contributed by atoms with Crippen LogP contribution in [-0.4, -0.2) is 44.9 Å². The minimum Gasteiger partial charge on any atom is -0.312 e. The van der Waals surface area contributed by atoms with Crippen LogP contribution in [0.3, 0.4) is 0 Å². The molecule has 0 saturated carbocycles. The predicted octanol–water partition coefficient (Wildman–Crippen LogP) is 2.00. The second-order valence-electron chi connectivity index (χ2n) is 7.72. The highest BCUT2D eigenvalue weighted by Crippen LogP contribution is 2.30. The average molecular weight is 354 g/mol. The summed E-state index contributed by atoms with van der Waals surface area (Å²) >= 11 is 0. The first-order chi connectivity index (χ1) is 9.71. The smallest absolute Gasteiger partial charge is 0.279 e. The number of piperidine rings is 2. The van der Waals surface area contributed by atoms with E-state index in [1.165, 1.54) is 0 Å². The Kier molecular flexibility index (Phi) is 7.14. The largest absolute Gasteiger partial charge is 0.312 e. The summed E-state index contributed by atoms with van der Waals surface area (Å²) in [7, 11) is -3.36. The van der Waals surface area contributed by atoms with Crippen LogP contribution in [0.4, 0.5) is 0 Å². The summed E-state index contributed by atoms with van der Waals surface area (Å²) in [5.41, 5.74) is 0.142. The number of halogens is 1. The fraction of sp³-hybridized carbons (Fsp3) is 1.00. The van der Waals surface area contributed by atoms with Crippen molar-refractivity contribution in [3.63, 3.8) is 0 Å². The van der Waals surface area contributed by atoms with Crippen molar-refractivity contribution in [2.75, 3.05) is 26.2 Å². The molecule has 2 aliphatic heterocycles. The van der Waals surface area contributed by atoms with Crippen molar-refractivity contribution < 1.29 is 8.42 Å². The minimum atomic E-state index is -3.36. The third-order valence-corrected chi connectivity index (χ3v) is 6.49. The van der Waals surface area contributed by atoms with E-state index in [0.29, 0.717) is 31.5 Å². The maximum Gasteiger partial charge on any atom is 0.279 e. The highest BCUT2D eigenvalue weighted by molar-refractivity contribution is 7.87. The standard InChI is InChI=1S/C15H31N3O2S.ClH/c1-12-8-13(2)11-18(10-12)21(19,20)17-9-14-15(3,4)6-5-7-16-14;/h12-14,16-17H,5-11H2,1-4H3;1H. The lowest BCUT2D eigenvalue weighted by atomic mass is 9.78. The van der Waals surface area contributed by atoms with Gasteiger partial charge in [-0.05, 0) is 43.1 Å². The Hall–Kier alpha value is 0.120. The van der Waals surface area contributed by atoms with Gasteiger partial charge in [0, 0.05) is 25.7 Å². The van der Waals surface area contributed by atoms with E-state index in [4.69, 9.17) is 0 Å². The van der Waals surface area contributed by atoms with Gasteiger partial charge < -0.3 is 5.32 Å². The lowest BCUT2D eigenvalue weighted by molar-refractivity contribution is 0.179. The number of hydrogen-bond donors (Lipinski definition) is 2. The Balaban J connectivity index is 0.00000242. The third kappa shape index (κ3) is 5.06. The molecule has 3 atom stereocenters. The van der Waals surface area contributed by atoms with E-state index in [0.717, 1.165) is 25.8 Å². The molecule has 2 saturated heterocycles. The zero-order valence-electron chi connectivity index (χ0n) is 14.3. The lowest BCUT2D eigenvalue weighted by Gasteiger charge is -2.40. The topological polar surface area (TPSA) is 61.4 Å².